The van der Waals surface area contributed by atoms with Gasteiger partial charge in [0.05, 0.1) is 0 Å². The van der Waals surface area contributed by atoms with E-state index in [9.17, 15) is 36.0 Å². The summed E-state index contributed by atoms with van der Waals surface area (Å²) in [6, 6.07) is 9.80. The van der Waals surface area contributed by atoms with Gasteiger partial charge in [-0.15, -0.1) is 0 Å². The van der Waals surface area contributed by atoms with Crippen molar-refractivity contribution in [1.82, 2.24) is 0 Å². The highest BCUT2D eigenvalue weighted by Crippen LogP contribution is 2.54. The highest BCUT2D eigenvalue weighted by Gasteiger charge is 2.65. The van der Waals surface area contributed by atoms with E-state index in [-0.39, 0.29) is 6.42 Å². The molecule has 1 heterocycles. The molecular weight excluding hydrogens is 609 g/mol. The minimum Gasteiger partial charge on any atom is -0.455 e. The van der Waals surface area contributed by atoms with E-state index in [1.807, 2.05) is 0 Å². The summed E-state index contributed by atoms with van der Waals surface area (Å²) in [5.74, 6) is -2.53. The van der Waals surface area contributed by atoms with Crippen LogP contribution in [-0.4, -0.2) is 55.7 Å². The summed E-state index contributed by atoms with van der Waals surface area (Å²) in [4.78, 5) is 36.0. The first-order chi connectivity index (χ1) is 19.5. The summed E-state index contributed by atoms with van der Waals surface area (Å²) < 4.78 is 87.5. The standard InChI is InChI=1S/C27H26ClF3O10S/c1-14(32)37-23-22(40-26(10-11-26)25(39-16(3)34)24(23)38-15(2)33)18-6-9-21(28)19(13-18)12-17-4-7-20(8-5-17)41-42(35,36)27(29,30)31/h4-9,13,22-25H,10-12H2,1-3H3/t22-,23-,24+,25-/m0/s1. The molecule has 2 fully saturated rings. The number of ether oxygens (including phenoxy) is 4. The molecule has 2 aliphatic rings. The van der Waals surface area contributed by atoms with Crippen molar-refractivity contribution in [3.05, 3.63) is 64.2 Å². The van der Waals surface area contributed by atoms with Crippen molar-refractivity contribution in [2.75, 3.05) is 0 Å². The second-order valence-electron chi connectivity index (χ2n) is 9.94. The second kappa shape index (κ2) is 11.7. The number of alkyl halides is 3. The zero-order valence-corrected chi connectivity index (χ0v) is 24.0. The second-order valence-corrected chi connectivity index (χ2v) is 11.9. The van der Waals surface area contributed by atoms with Crippen LogP contribution in [0.25, 0.3) is 0 Å². The third-order valence-corrected chi connectivity index (χ3v) is 7.99. The first-order valence-electron chi connectivity index (χ1n) is 12.6. The summed E-state index contributed by atoms with van der Waals surface area (Å²) in [5, 5.41) is 0.328. The largest absolute Gasteiger partial charge is 0.534 e. The van der Waals surface area contributed by atoms with Gasteiger partial charge in [-0.25, -0.2) is 0 Å². The predicted octanol–water partition coefficient (Wildman–Crippen LogP) is 4.56. The maximum absolute atomic E-state index is 12.6. The maximum atomic E-state index is 12.6. The fraction of sp³-hybridized carbons (Fsp3) is 0.444. The number of hydrogen-bond acceptors (Lipinski definition) is 10. The molecule has 4 atom stereocenters. The average Bonchev–Trinajstić information content (AvgIpc) is 3.64. The summed E-state index contributed by atoms with van der Waals surface area (Å²) in [5.41, 5.74) is -4.94. The third kappa shape index (κ3) is 6.98. The van der Waals surface area contributed by atoms with Crippen molar-refractivity contribution in [3.8, 4) is 5.75 Å². The number of benzene rings is 2. The van der Waals surface area contributed by atoms with E-state index in [1.165, 1.54) is 32.9 Å². The lowest BCUT2D eigenvalue weighted by atomic mass is 9.88. The molecule has 2 aromatic carbocycles. The molecule has 2 aromatic rings. The summed E-state index contributed by atoms with van der Waals surface area (Å²) in [7, 11) is -5.82. The van der Waals surface area contributed by atoms with E-state index in [4.69, 9.17) is 30.5 Å². The zero-order chi connectivity index (χ0) is 31.0. The fourth-order valence-electron chi connectivity index (χ4n) is 4.77. The highest BCUT2D eigenvalue weighted by atomic mass is 35.5. The van der Waals surface area contributed by atoms with Crippen molar-refractivity contribution in [3.63, 3.8) is 0 Å². The number of carbonyl (C=O) groups is 3. The van der Waals surface area contributed by atoms with E-state index >= 15 is 0 Å². The van der Waals surface area contributed by atoms with Gasteiger partial charge in [-0.05, 0) is 54.2 Å². The SMILES string of the molecule is CC(=O)O[C@@H]1[C@@H](OC(C)=O)[C@H](OC(C)=O)C2(CC2)O[C@H]1c1ccc(Cl)c(Cc2ccc(OS(=O)(=O)C(F)(F)F)cc2)c1. The molecule has 15 heteroatoms. The average molecular weight is 635 g/mol. The third-order valence-electron chi connectivity index (χ3n) is 6.65. The molecule has 0 aromatic heterocycles. The van der Waals surface area contributed by atoms with Crippen LogP contribution >= 0.6 is 11.6 Å². The van der Waals surface area contributed by atoms with Crippen LogP contribution in [0, 0.1) is 0 Å². The highest BCUT2D eigenvalue weighted by molar-refractivity contribution is 7.88. The van der Waals surface area contributed by atoms with Crippen LogP contribution in [0.3, 0.4) is 0 Å². The lowest BCUT2D eigenvalue weighted by Crippen LogP contribution is -2.59. The maximum Gasteiger partial charge on any atom is 0.534 e. The number of rotatable bonds is 8. The Kier molecular flexibility index (Phi) is 8.82. The molecule has 1 spiro atoms. The topological polar surface area (TPSA) is 132 Å². The predicted molar refractivity (Wildman–Crippen MR) is 139 cm³/mol. The molecule has 0 unspecified atom stereocenters. The van der Waals surface area contributed by atoms with Gasteiger partial charge >= 0.3 is 33.5 Å². The quantitative estimate of drug-likeness (QED) is 0.176. The molecule has 10 nitrogen and oxygen atoms in total. The number of esters is 3. The fourth-order valence-corrected chi connectivity index (χ4v) is 5.42. The van der Waals surface area contributed by atoms with Crippen LogP contribution in [0.5, 0.6) is 5.75 Å². The molecule has 42 heavy (non-hydrogen) atoms. The molecule has 1 aliphatic heterocycles. The Balaban J connectivity index is 1.64. The van der Waals surface area contributed by atoms with Crippen LogP contribution < -0.4 is 4.18 Å². The van der Waals surface area contributed by atoms with Gasteiger partial charge in [0.15, 0.2) is 18.3 Å². The van der Waals surface area contributed by atoms with Crippen LogP contribution in [0.15, 0.2) is 42.5 Å². The van der Waals surface area contributed by atoms with Crippen molar-refractivity contribution in [1.29, 1.82) is 0 Å². The molecule has 0 bridgehead atoms. The van der Waals surface area contributed by atoms with Gasteiger partial charge < -0.3 is 23.1 Å². The first-order valence-corrected chi connectivity index (χ1v) is 14.4. The van der Waals surface area contributed by atoms with Gasteiger partial charge in [-0.3, -0.25) is 14.4 Å². The van der Waals surface area contributed by atoms with Crippen molar-refractivity contribution in [2.24, 2.45) is 0 Å². The van der Waals surface area contributed by atoms with Crippen LogP contribution in [0.1, 0.15) is 56.4 Å². The molecule has 1 aliphatic carbocycles. The minimum absolute atomic E-state index is 0.165. The minimum atomic E-state index is -5.82. The lowest BCUT2D eigenvalue weighted by Gasteiger charge is -2.45. The van der Waals surface area contributed by atoms with E-state index in [1.54, 1.807) is 18.2 Å². The van der Waals surface area contributed by atoms with Crippen LogP contribution in [0.4, 0.5) is 13.2 Å². The van der Waals surface area contributed by atoms with Crippen LogP contribution in [0.2, 0.25) is 5.02 Å². The Morgan fingerprint density at radius 3 is 2.02 bits per heavy atom. The van der Waals surface area contributed by atoms with Crippen molar-refractivity contribution >= 4 is 39.6 Å². The van der Waals surface area contributed by atoms with E-state index in [2.05, 4.69) is 4.18 Å². The van der Waals surface area contributed by atoms with E-state index in [0.29, 0.717) is 34.6 Å². The van der Waals surface area contributed by atoms with Gasteiger partial charge in [0.1, 0.15) is 17.5 Å². The van der Waals surface area contributed by atoms with Crippen LogP contribution in [-0.2, 0) is 49.9 Å². The van der Waals surface area contributed by atoms with Gasteiger partial charge in [0.2, 0.25) is 0 Å². The summed E-state index contributed by atoms with van der Waals surface area (Å²) >= 11 is 6.44. The Morgan fingerprint density at radius 2 is 1.50 bits per heavy atom. The zero-order valence-electron chi connectivity index (χ0n) is 22.5. The first kappa shape index (κ1) is 31.6. The normalized spacial score (nSPS) is 23.1. The van der Waals surface area contributed by atoms with Crippen molar-refractivity contribution < 1.29 is 59.1 Å². The molecular formula is C27H26ClF3O10S. The molecule has 1 saturated carbocycles. The smallest absolute Gasteiger partial charge is 0.455 e. The summed E-state index contributed by atoms with van der Waals surface area (Å²) in [6.45, 7) is 3.55. The summed E-state index contributed by atoms with van der Waals surface area (Å²) in [6.07, 6.45) is -3.19. The Morgan fingerprint density at radius 1 is 0.929 bits per heavy atom. The molecule has 0 amide bonds. The van der Waals surface area contributed by atoms with Crippen molar-refractivity contribution in [2.45, 2.75) is 75.6 Å². The Bertz CT molecular complexity index is 1470. The van der Waals surface area contributed by atoms with E-state index in [0.717, 1.165) is 12.1 Å². The van der Waals surface area contributed by atoms with E-state index < -0.39 is 69.3 Å². The lowest BCUT2D eigenvalue weighted by molar-refractivity contribution is -0.257. The van der Waals surface area contributed by atoms with Gasteiger partial charge in [-0.2, -0.15) is 21.6 Å². The number of carbonyl (C=O) groups excluding carboxylic acids is 3. The molecule has 0 radical (unpaired) electrons. The monoisotopic (exact) mass is 634 g/mol. The molecule has 228 valence electrons. The molecule has 1 saturated heterocycles. The Labute approximate surface area is 244 Å². The van der Waals surface area contributed by atoms with Gasteiger partial charge in [0, 0.05) is 25.8 Å². The number of hydrogen-bond donors (Lipinski definition) is 0. The van der Waals surface area contributed by atoms with Gasteiger partial charge in [-0.1, -0.05) is 35.9 Å². The Hall–Kier alpha value is -3.36. The van der Waals surface area contributed by atoms with Gasteiger partial charge in [0.25, 0.3) is 0 Å². The molecule has 4 rings (SSSR count). The number of halogens is 4. The molecule has 0 N–H and O–H groups in total.